The molecule has 0 radical (unpaired) electrons. The first-order chi connectivity index (χ1) is 9.18. The SMILES string of the molecule is CCOC(=O)C1(NC(=O)[C@@H]2CCNC2)CCCCC1. The lowest BCUT2D eigenvalue weighted by atomic mass is 9.81. The number of rotatable bonds is 4. The van der Waals surface area contributed by atoms with Crippen molar-refractivity contribution in [1.29, 1.82) is 0 Å². The monoisotopic (exact) mass is 268 g/mol. The van der Waals surface area contributed by atoms with Crippen LogP contribution in [0.1, 0.15) is 45.4 Å². The molecule has 0 aromatic carbocycles. The standard InChI is InChI=1S/C14H24N2O3/c1-2-19-13(18)14(7-4-3-5-8-14)16-12(17)11-6-9-15-10-11/h11,15H,2-10H2,1H3,(H,16,17)/t11-/m1/s1. The zero-order chi connectivity index (χ0) is 13.7. The van der Waals surface area contributed by atoms with Gasteiger partial charge in [0, 0.05) is 6.54 Å². The van der Waals surface area contributed by atoms with E-state index in [0.29, 0.717) is 26.0 Å². The smallest absolute Gasteiger partial charge is 0.331 e. The predicted molar refractivity (Wildman–Crippen MR) is 71.6 cm³/mol. The summed E-state index contributed by atoms with van der Waals surface area (Å²) >= 11 is 0. The summed E-state index contributed by atoms with van der Waals surface area (Å²) in [4.78, 5) is 24.5. The molecule has 1 saturated heterocycles. The molecule has 1 amide bonds. The van der Waals surface area contributed by atoms with Crippen LogP contribution in [0.4, 0.5) is 0 Å². The van der Waals surface area contributed by atoms with E-state index >= 15 is 0 Å². The van der Waals surface area contributed by atoms with E-state index in [1.165, 1.54) is 0 Å². The molecule has 0 bridgehead atoms. The molecule has 2 rings (SSSR count). The fraction of sp³-hybridized carbons (Fsp3) is 0.857. The first kappa shape index (κ1) is 14.3. The maximum absolute atomic E-state index is 12.3. The van der Waals surface area contributed by atoms with Crippen molar-refractivity contribution in [3.63, 3.8) is 0 Å². The molecule has 1 atom stereocenters. The Morgan fingerprint density at radius 3 is 2.63 bits per heavy atom. The van der Waals surface area contributed by atoms with Crippen LogP contribution in [0.15, 0.2) is 0 Å². The van der Waals surface area contributed by atoms with Crippen LogP contribution in [0.2, 0.25) is 0 Å². The number of carbonyl (C=O) groups is 2. The summed E-state index contributed by atoms with van der Waals surface area (Å²) in [6, 6.07) is 0. The molecule has 5 heteroatoms. The lowest BCUT2D eigenvalue weighted by Crippen LogP contribution is -2.57. The maximum atomic E-state index is 12.3. The van der Waals surface area contributed by atoms with E-state index in [2.05, 4.69) is 10.6 Å². The van der Waals surface area contributed by atoms with Crippen LogP contribution < -0.4 is 10.6 Å². The topological polar surface area (TPSA) is 67.4 Å². The van der Waals surface area contributed by atoms with E-state index in [-0.39, 0.29) is 17.8 Å². The summed E-state index contributed by atoms with van der Waals surface area (Å²) in [6.45, 7) is 3.76. The van der Waals surface area contributed by atoms with Crippen molar-refractivity contribution in [2.24, 2.45) is 5.92 Å². The molecule has 1 aliphatic carbocycles. The quantitative estimate of drug-likeness (QED) is 0.746. The van der Waals surface area contributed by atoms with E-state index in [0.717, 1.165) is 32.2 Å². The van der Waals surface area contributed by atoms with Crippen LogP contribution in [-0.4, -0.2) is 37.1 Å². The second-order valence-corrected chi connectivity index (χ2v) is 5.54. The Morgan fingerprint density at radius 2 is 2.05 bits per heavy atom. The van der Waals surface area contributed by atoms with E-state index < -0.39 is 5.54 Å². The normalized spacial score (nSPS) is 25.8. The summed E-state index contributed by atoms with van der Waals surface area (Å²) in [5, 5.41) is 6.19. The number of hydrogen-bond acceptors (Lipinski definition) is 4. The van der Waals surface area contributed by atoms with Gasteiger partial charge in [-0.25, -0.2) is 4.79 Å². The predicted octanol–water partition coefficient (Wildman–Crippen LogP) is 0.978. The number of carbonyl (C=O) groups excluding carboxylic acids is 2. The Hall–Kier alpha value is -1.10. The summed E-state index contributed by atoms with van der Waals surface area (Å²) in [5.41, 5.74) is -0.770. The van der Waals surface area contributed by atoms with Gasteiger partial charge in [0.1, 0.15) is 5.54 Å². The van der Waals surface area contributed by atoms with E-state index in [1.54, 1.807) is 6.92 Å². The number of esters is 1. The largest absolute Gasteiger partial charge is 0.464 e. The third-order valence-corrected chi connectivity index (χ3v) is 4.17. The van der Waals surface area contributed by atoms with Crippen LogP contribution in [-0.2, 0) is 14.3 Å². The molecule has 1 heterocycles. The van der Waals surface area contributed by atoms with Crippen LogP contribution in [0, 0.1) is 5.92 Å². The first-order valence-corrected chi connectivity index (χ1v) is 7.38. The molecular weight excluding hydrogens is 244 g/mol. The van der Waals surface area contributed by atoms with Gasteiger partial charge in [0.05, 0.1) is 12.5 Å². The Bertz CT molecular complexity index is 332. The zero-order valence-electron chi connectivity index (χ0n) is 11.7. The third kappa shape index (κ3) is 3.26. The molecule has 1 aliphatic heterocycles. The Kier molecular flexibility index (Phi) is 4.80. The summed E-state index contributed by atoms with van der Waals surface area (Å²) in [6.07, 6.45) is 5.34. The molecule has 108 valence electrons. The van der Waals surface area contributed by atoms with Gasteiger partial charge in [-0.05, 0) is 32.7 Å². The van der Waals surface area contributed by atoms with Gasteiger partial charge < -0.3 is 15.4 Å². The minimum atomic E-state index is -0.770. The van der Waals surface area contributed by atoms with Gasteiger partial charge in [0.2, 0.25) is 5.91 Å². The average molecular weight is 268 g/mol. The van der Waals surface area contributed by atoms with E-state index in [4.69, 9.17) is 4.74 Å². The van der Waals surface area contributed by atoms with Gasteiger partial charge in [-0.2, -0.15) is 0 Å². The molecule has 0 aromatic rings. The number of ether oxygens (including phenoxy) is 1. The fourth-order valence-electron chi connectivity index (χ4n) is 3.02. The highest BCUT2D eigenvalue weighted by atomic mass is 16.5. The highest BCUT2D eigenvalue weighted by molar-refractivity contribution is 5.89. The Balaban J connectivity index is 2.04. The van der Waals surface area contributed by atoms with Crippen molar-refractivity contribution >= 4 is 11.9 Å². The highest BCUT2D eigenvalue weighted by Crippen LogP contribution is 2.30. The molecule has 1 saturated carbocycles. The van der Waals surface area contributed by atoms with E-state index in [1.807, 2.05) is 0 Å². The molecule has 0 aromatic heterocycles. The molecule has 0 spiro atoms. The molecule has 0 unspecified atom stereocenters. The lowest BCUT2D eigenvalue weighted by Gasteiger charge is -2.36. The highest BCUT2D eigenvalue weighted by Gasteiger charge is 2.43. The summed E-state index contributed by atoms with van der Waals surface area (Å²) in [7, 11) is 0. The van der Waals surface area contributed by atoms with Crippen molar-refractivity contribution < 1.29 is 14.3 Å². The second-order valence-electron chi connectivity index (χ2n) is 5.54. The van der Waals surface area contributed by atoms with Crippen LogP contribution in [0.3, 0.4) is 0 Å². The molecule has 19 heavy (non-hydrogen) atoms. The van der Waals surface area contributed by atoms with Crippen molar-refractivity contribution in [1.82, 2.24) is 10.6 Å². The summed E-state index contributed by atoms with van der Waals surface area (Å²) < 4.78 is 5.18. The van der Waals surface area contributed by atoms with Crippen LogP contribution in [0.25, 0.3) is 0 Å². The van der Waals surface area contributed by atoms with Gasteiger partial charge in [-0.1, -0.05) is 19.3 Å². The molecule has 2 N–H and O–H groups in total. The Morgan fingerprint density at radius 1 is 1.32 bits per heavy atom. The third-order valence-electron chi connectivity index (χ3n) is 4.17. The fourth-order valence-corrected chi connectivity index (χ4v) is 3.02. The van der Waals surface area contributed by atoms with Gasteiger partial charge in [0.15, 0.2) is 0 Å². The molecule has 2 aliphatic rings. The number of amides is 1. The van der Waals surface area contributed by atoms with Crippen LogP contribution >= 0.6 is 0 Å². The number of hydrogen-bond donors (Lipinski definition) is 2. The first-order valence-electron chi connectivity index (χ1n) is 7.38. The van der Waals surface area contributed by atoms with Gasteiger partial charge in [-0.3, -0.25) is 4.79 Å². The van der Waals surface area contributed by atoms with Crippen molar-refractivity contribution in [2.45, 2.75) is 51.0 Å². The Labute approximate surface area is 114 Å². The van der Waals surface area contributed by atoms with Gasteiger partial charge in [0.25, 0.3) is 0 Å². The molecule has 2 fully saturated rings. The summed E-state index contributed by atoms with van der Waals surface area (Å²) in [5.74, 6) is -0.262. The minimum absolute atomic E-state index is 0.0000435. The van der Waals surface area contributed by atoms with E-state index in [9.17, 15) is 9.59 Å². The molecule has 5 nitrogen and oxygen atoms in total. The van der Waals surface area contributed by atoms with Crippen molar-refractivity contribution in [3.05, 3.63) is 0 Å². The minimum Gasteiger partial charge on any atom is -0.464 e. The average Bonchev–Trinajstić information content (AvgIpc) is 2.94. The number of nitrogens with one attached hydrogen (secondary N) is 2. The molecular formula is C14H24N2O3. The van der Waals surface area contributed by atoms with Gasteiger partial charge >= 0.3 is 5.97 Å². The van der Waals surface area contributed by atoms with Crippen molar-refractivity contribution in [2.75, 3.05) is 19.7 Å². The lowest BCUT2D eigenvalue weighted by molar-refractivity contribution is -0.155. The maximum Gasteiger partial charge on any atom is 0.331 e. The van der Waals surface area contributed by atoms with Crippen LogP contribution in [0.5, 0.6) is 0 Å². The second kappa shape index (κ2) is 6.37. The van der Waals surface area contributed by atoms with Gasteiger partial charge in [-0.15, -0.1) is 0 Å². The zero-order valence-corrected chi connectivity index (χ0v) is 11.7. The van der Waals surface area contributed by atoms with Crippen molar-refractivity contribution in [3.8, 4) is 0 Å².